The molecule has 2 nitrogen and oxygen atoms in total. The van der Waals surface area contributed by atoms with Gasteiger partial charge in [0, 0.05) is 23.8 Å². The molecule has 0 aliphatic carbocycles. The Morgan fingerprint density at radius 2 is 2.47 bits per heavy atom. The molecule has 0 amide bonds. The van der Waals surface area contributed by atoms with Crippen molar-refractivity contribution in [2.24, 2.45) is 0 Å². The molecular formula is C11H17ClN2S. The van der Waals surface area contributed by atoms with E-state index in [4.69, 9.17) is 11.6 Å². The van der Waals surface area contributed by atoms with Gasteiger partial charge in [0.1, 0.15) is 0 Å². The Bertz CT molecular complexity index is 311. The van der Waals surface area contributed by atoms with Gasteiger partial charge in [-0.3, -0.25) is 0 Å². The Kier molecular flexibility index (Phi) is 3.87. The summed E-state index contributed by atoms with van der Waals surface area (Å²) >= 11 is 7.61. The van der Waals surface area contributed by atoms with Gasteiger partial charge in [-0.25, -0.2) is 4.98 Å². The van der Waals surface area contributed by atoms with E-state index in [9.17, 15) is 0 Å². The second kappa shape index (κ2) is 5.17. The lowest BCUT2D eigenvalue weighted by atomic mass is 10.0. The van der Waals surface area contributed by atoms with Crippen LogP contribution in [0.5, 0.6) is 0 Å². The van der Waals surface area contributed by atoms with Gasteiger partial charge in [-0.1, -0.05) is 0 Å². The van der Waals surface area contributed by atoms with E-state index in [1.54, 1.807) is 11.3 Å². The molecule has 0 spiro atoms. The Labute approximate surface area is 100 Å². The molecule has 1 atom stereocenters. The van der Waals surface area contributed by atoms with Crippen LogP contribution in [-0.2, 0) is 0 Å². The Morgan fingerprint density at radius 1 is 1.60 bits per heavy atom. The van der Waals surface area contributed by atoms with Crippen LogP contribution in [0.3, 0.4) is 0 Å². The second-order valence-corrected chi connectivity index (χ2v) is 5.31. The van der Waals surface area contributed by atoms with Crippen LogP contribution in [0.2, 0.25) is 0 Å². The maximum absolute atomic E-state index is 5.85. The molecule has 2 rings (SSSR count). The van der Waals surface area contributed by atoms with Crippen LogP contribution in [0.1, 0.15) is 31.4 Å². The molecule has 1 fully saturated rings. The fraction of sp³-hybridized carbons (Fsp3) is 0.727. The normalized spacial score (nSPS) is 22.0. The lowest BCUT2D eigenvalue weighted by Gasteiger charge is -2.35. The SMILES string of the molecule is Cc1csc(N2CCCCC2CCCl)n1. The fourth-order valence-electron chi connectivity index (χ4n) is 2.15. The summed E-state index contributed by atoms with van der Waals surface area (Å²) < 4.78 is 0. The van der Waals surface area contributed by atoms with Crippen LogP contribution in [0.25, 0.3) is 0 Å². The highest BCUT2D eigenvalue weighted by Crippen LogP contribution is 2.29. The smallest absolute Gasteiger partial charge is 0.185 e. The molecule has 84 valence electrons. The molecule has 1 aromatic heterocycles. The minimum absolute atomic E-state index is 0.613. The number of nitrogens with zero attached hydrogens (tertiary/aromatic N) is 2. The van der Waals surface area contributed by atoms with Gasteiger partial charge in [0.2, 0.25) is 0 Å². The van der Waals surface area contributed by atoms with E-state index in [0.29, 0.717) is 6.04 Å². The maximum atomic E-state index is 5.85. The average Bonchev–Trinajstić information content (AvgIpc) is 2.66. The molecule has 0 aromatic carbocycles. The molecule has 1 aromatic rings. The van der Waals surface area contributed by atoms with E-state index in [2.05, 4.69) is 22.2 Å². The summed E-state index contributed by atoms with van der Waals surface area (Å²) in [6, 6.07) is 0.613. The molecule has 1 aliphatic rings. The van der Waals surface area contributed by atoms with Gasteiger partial charge in [0.05, 0.1) is 5.69 Å². The number of aryl methyl sites for hydroxylation is 1. The van der Waals surface area contributed by atoms with Crippen LogP contribution < -0.4 is 4.90 Å². The highest BCUT2D eigenvalue weighted by molar-refractivity contribution is 7.13. The largest absolute Gasteiger partial charge is 0.345 e. The van der Waals surface area contributed by atoms with Gasteiger partial charge in [0.25, 0.3) is 0 Å². The number of piperidine rings is 1. The predicted octanol–water partition coefficient (Wildman–Crippen LogP) is 3.44. The first-order valence-corrected chi connectivity index (χ1v) is 6.97. The van der Waals surface area contributed by atoms with Crippen LogP contribution in [0, 0.1) is 6.92 Å². The fourth-order valence-corrected chi connectivity index (χ4v) is 3.30. The molecule has 0 radical (unpaired) electrons. The third-order valence-electron chi connectivity index (χ3n) is 2.92. The minimum Gasteiger partial charge on any atom is -0.345 e. The molecule has 4 heteroatoms. The monoisotopic (exact) mass is 244 g/mol. The maximum Gasteiger partial charge on any atom is 0.185 e. The average molecular weight is 245 g/mol. The van der Waals surface area contributed by atoms with Gasteiger partial charge in [-0.05, 0) is 32.6 Å². The molecule has 1 unspecified atom stereocenters. The predicted molar refractivity (Wildman–Crippen MR) is 67.2 cm³/mol. The zero-order valence-electron chi connectivity index (χ0n) is 9.08. The van der Waals surface area contributed by atoms with Gasteiger partial charge in [-0.2, -0.15) is 0 Å². The van der Waals surface area contributed by atoms with Crippen molar-refractivity contribution >= 4 is 28.1 Å². The van der Waals surface area contributed by atoms with Crippen LogP contribution in [0.15, 0.2) is 5.38 Å². The molecule has 0 saturated carbocycles. The lowest BCUT2D eigenvalue weighted by Crippen LogP contribution is -2.39. The number of rotatable bonds is 3. The van der Waals surface area contributed by atoms with Crippen molar-refractivity contribution in [3.63, 3.8) is 0 Å². The summed E-state index contributed by atoms with van der Waals surface area (Å²) in [6.07, 6.45) is 4.98. The van der Waals surface area contributed by atoms with Crippen molar-refractivity contribution in [1.29, 1.82) is 0 Å². The number of thiazole rings is 1. The highest BCUT2D eigenvalue weighted by atomic mass is 35.5. The zero-order valence-corrected chi connectivity index (χ0v) is 10.7. The van der Waals surface area contributed by atoms with Crippen molar-refractivity contribution in [2.45, 2.75) is 38.6 Å². The summed E-state index contributed by atoms with van der Waals surface area (Å²) in [5.74, 6) is 0.755. The van der Waals surface area contributed by atoms with Crippen LogP contribution in [0.4, 0.5) is 5.13 Å². The molecule has 1 aliphatic heterocycles. The molecule has 2 heterocycles. The van der Waals surface area contributed by atoms with Crippen LogP contribution >= 0.6 is 22.9 Å². The Morgan fingerprint density at radius 3 is 3.13 bits per heavy atom. The first-order valence-electron chi connectivity index (χ1n) is 5.56. The quantitative estimate of drug-likeness (QED) is 0.758. The van der Waals surface area contributed by atoms with E-state index < -0.39 is 0 Å². The highest BCUT2D eigenvalue weighted by Gasteiger charge is 2.23. The third-order valence-corrected chi connectivity index (χ3v) is 4.14. The molecule has 15 heavy (non-hydrogen) atoms. The summed E-state index contributed by atoms with van der Waals surface area (Å²) in [6.45, 7) is 3.20. The molecule has 1 saturated heterocycles. The molecule has 0 bridgehead atoms. The number of anilines is 1. The van der Waals surface area contributed by atoms with Crippen molar-refractivity contribution in [3.05, 3.63) is 11.1 Å². The zero-order chi connectivity index (χ0) is 10.7. The topological polar surface area (TPSA) is 16.1 Å². The Balaban J connectivity index is 2.10. The van der Waals surface area contributed by atoms with Gasteiger partial charge in [-0.15, -0.1) is 22.9 Å². The van der Waals surface area contributed by atoms with Crippen molar-refractivity contribution in [1.82, 2.24) is 4.98 Å². The van der Waals surface area contributed by atoms with E-state index in [1.807, 2.05) is 0 Å². The van der Waals surface area contributed by atoms with E-state index in [0.717, 1.165) is 24.5 Å². The van der Waals surface area contributed by atoms with Gasteiger partial charge >= 0.3 is 0 Å². The minimum atomic E-state index is 0.613. The second-order valence-electron chi connectivity index (χ2n) is 4.09. The first-order chi connectivity index (χ1) is 7.31. The number of hydrogen-bond acceptors (Lipinski definition) is 3. The van der Waals surface area contributed by atoms with Gasteiger partial charge < -0.3 is 4.90 Å². The van der Waals surface area contributed by atoms with Crippen molar-refractivity contribution in [2.75, 3.05) is 17.3 Å². The summed E-state index contributed by atoms with van der Waals surface area (Å²) in [7, 11) is 0. The summed E-state index contributed by atoms with van der Waals surface area (Å²) in [5.41, 5.74) is 1.13. The molecule has 0 N–H and O–H groups in total. The van der Waals surface area contributed by atoms with E-state index in [-0.39, 0.29) is 0 Å². The number of halogens is 1. The van der Waals surface area contributed by atoms with Crippen LogP contribution in [-0.4, -0.2) is 23.5 Å². The number of aromatic nitrogens is 1. The standard InChI is InChI=1S/C11H17ClN2S/c1-9-8-15-11(13-9)14-7-3-2-4-10(14)5-6-12/h8,10H,2-7H2,1H3. The first kappa shape index (κ1) is 11.2. The molecular weight excluding hydrogens is 228 g/mol. The summed E-state index contributed by atoms with van der Waals surface area (Å²) in [4.78, 5) is 7.02. The van der Waals surface area contributed by atoms with Crippen molar-refractivity contribution in [3.8, 4) is 0 Å². The Hall–Kier alpha value is -0.280. The van der Waals surface area contributed by atoms with Gasteiger partial charge in [0.15, 0.2) is 5.13 Å². The van der Waals surface area contributed by atoms with E-state index >= 15 is 0 Å². The lowest BCUT2D eigenvalue weighted by molar-refractivity contribution is 0.450. The number of alkyl halides is 1. The van der Waals surface area contributed by atoms with Crippen molar-refractivity contribution < 1.29 is 0 Å². The van der Waals surface area contributed by atoms with E-state index in [1.165, 1.54) is 24.4 Å². The third kappa shape index (κ3) is 2.64. The summed E-state index contributed by atoms with van der Waals surface area (Å²) in [5, 5.41) is 3.31. The number of hydrogen-bond donors (Lipinski definition) is 0.